The van der Waals surface area contributed by atoms with E-state index >= 15 is 0 Å². The first-order valence-corrected chi connectivity index (χ1v) is 4.82. The van der Waals surface area contributed by atoms with E-state index in [9.17, 15) is 4.79 Å². The van der Waals surface area contributed by atoms with E-state index < -0.39 is 5.97 Å². The molecule has 0 amide bonds. The molecule has 1 heterocycles. The number of hydrogen-bond acceptors (Lipinski definition) is 2. The maximum absolute atomic E-state index is 10.5. The summed E-state index contributed by atoms with van der Waals surface area (Å²) >= 11 is 4.73. The van der Waals surface area contributed by atoms with Crippen LogP contribution in [-0.2, 0) is 4.79 Å². The van der Waals surface area contributed by atoms with Crippen molar-refractivity contribution in [3.63, 3.8) is 0 Å². The van der Waals surface area contributed by atoms with Crippen LogP contribution in [0.5, 0.6) is 0 Å². The molecule has 0 radical (unpaired) electrons. The molecule has 0 aliphatic carbocycles. The third kappa shape index (κ3) is 1.76. The Morgan fingerprint density at radius 1 is 1.75 bits per heavy atom. The molecule has 0 saturated carbocycles. The van der Waals surface area contributed by atoms with Gasteiger partial charge in [-0.25, -0.2) is 4.79 Å². The summed E-state index contributed by atoms with van der Waals surface area (Å²) in [6.07, 6.45) is 0. The summed E-state index contributed by atoms with van der Waals surface area (Å²) in [7, 11) is 0. The SMILES string of the molecule is C=C(C(=O)O)c1cc(Br)c(C)s1. The lowest BCUT2D eigenvalue weighted by atomic mass is 10.2. The van der Waals surface area contributed by atoms with Crippen LogP contribution in [0.1, 0.15) is 9.75 Å². The van der Waals surface area contributed by atoms with Crippen molar-refractivity contribution >= 4 is 38.8 Å². The summed E-state index contributed by atoms with van der Waals surface area (Å²) in [5.41, 5.74) is 0.147. The smallest absolute Gasteiger partial charge is 0.336 e. The molecule has 2 nitrogen and oxygen atoms in total. The first-order valence-electron chi connectivity index (χ1n) is 3.21. The molecule has 0 aliphatic heterocycles. The maximum Gasteiger partial charge on any atom is 0.336 e. The highest BCUT2D eigenvalue weighted by molar-refractivity contribution is 9.10. The van der Waals surface area contributed by atoms with E-state index in [1.54, 1.807) is 6.07 Å². The fourth-order valence-electron chi connectivity index (χ4n) is 0.714. The first-order chi connectivity index (χ1) is 5.52. The molecule has 1 aromatic rings. The summed E-state index contributed by atoms with van der Waals surface area (Å²) in [5.74, 6) is -0.969. The zero-order valence-electron chi connectivity index (χ0n) is 6.43. The van der Waals surface area contributed by atoms with Crippen LogP contribution in [0.4, 0.5) is 0 Å². The Morgan fingerprint density at radius 2 is 2.33 bits per heavy atom. The lowest BCUT2D eigenvalue weighted by molar-refractivity contribution is -0.130. The largest absolute Gasteiger partial charge is 0.478 e. The molecule has 4 heteroatoms. The molecule has 1 aromatic heterocycles. The van der Waals surface area contributed by atoms with Gasteiger partial charge in [-0.05, 0) is 28.9 Å². The van der Waals surface area contributed by atoms with E-state index in [2.05, 4.69) is 22.5 Å². The highest BCUT2D eigenvalue weighted by Crippen LogP contribution is 2.30. The van der Waals surface area contributed by atoms with Gasteiger partial charge in [-0.3, -0.25) is 0 Å². The van der Waals surface area contributed by atoms with E-state index in [4.69, 9.17) is 5.11 Å². The van der Waals surface area contributed by atoms with Crippen molar-refractivity contribution in [2.45, 2.75) is 6.92 Å². The quantitative estimate of drug-likeness (QED) is 0.816. The van der Waals surface area contributed by atoms with Crippen molar-refractivity contribution in [3.05, 3.63) is 26.9 Å². The topological polar surface area (TPSA) is 37.3 Å². The number of thiophene rings is 1. The minimum absolute atomic E-state index is 0.147. The third-order valence-electron chi connectivity index (χ3n) is 1.41. The van der Waals surface area contributed by atoms with Gasteiger partial charge in [-0.1, -0.05) is 6.58 Å². The predicted molar refractivity (Wildman–Crippen MR) is 53.4 cm³/mol. The summed E-state index contributed by atoms with van der Waals surface area (Å²) in [5, 5.41) is 8.63. The Labute approximate surface area is 82.7 Å². The average Bonchev–Trinajstić information content (AvgIpc) is 2.30. The number of rotatable bonds is 2. The van der Waals surface area contributed by atoms with Crippen molar-refractivity contribution in [1.29, 1.82) is 0 Å². The van der Waals surface area contributed by atoms with E-state index in [-0.39, 0.29) is 5.57 Å². The molecule has 0 aromatic carbocycles. The van der Waals surface area contributed by atoms with Crippen molar-refractivity contribution in [2.24, 2.45) is 0 Å². The zero-order chi connectivity index (χ0) is 9.30. The number of carboxylic acid groups (broad SMARTS) is 1. The van der Waals surface area contributed by atoms with Crippen molar-refractivity contribution in [2.75, 3.05) is 0 Å². The monoisotopic (exact) mass is 246 g/mol. The van der Waals surface area contributed by atoms with Crippen molar-refractivity contribution in [1.82, 2.24) is 0 Å². The van der Waals surface area contributed by atoms with Crippen LogP contribution in [0.15, 0.2) is 17.1 Å². The Hall–Kier alpha value is -0.610. The van der Waals surface area contributed by atoms with Gasteiger partial charge in [0.15, 0.2) is 0 Å². The van der Waals surface area contributed by atoms with Crippen molar-refractivity contribution < 1.29 is 9.90 Å². The molecule has 0 spiro atoms. The predicted octanol–water partition coefficient (Wildman–Crippen LogP) is 2.92. The summed E-state index contributed by atoms with van der Waals surface area (Å²) in [4.78, 5) is 12.3. The first kappa shape index (κ1) is 9.48. The number of carboxylic acids is 1. The van der Waals surface area contributed by atoms with Crippen LogP contribution in [0.25, 0.3) is 5.57 Å². The summed E-state index contributed by atoms with van der Waals surface area (Å²) in [6.45, 7) is 5.39. The van der Waals surface area contributed by atoms with Gasteiger partial charge >= 0.3 is 5.97 Å². The van der Waals surface area contributed by atoms with Gasteiger partial charge in [-0.15, -0.1) is 11.3 Å². The molecule has 0 fully saturated rings. The van der Waals surface area contributed by atoms with E-state index in [0.29, 0.717) is 4.88 Å². The second kappa shape index (κ2) is 3.41. The molecule has 0 saturated heterocycles. The Morgan fingerprint density at radius 3 is 2.67 bits per heavy atom. The molecule has 12 heavy (non-hydrogen) atoms. The van der Waals surface area contributed by atoms with Crippen LogP contribution in [0, 0.1) is 6.92 Å². The third-order valence-corrected chi connectivity index (χ3v) is 3.61. The van der Waals surface area contributed by atoms with Gasteiger partial charge < -0.3 is 5.11 Å². The van der Waals surface area contributed by atoms with Gasteiger partial charge in [-0.2, -0.15) is 0 Å². The van der Waals surface area contributed by atoms with Gasteiger partial charge in [0.25, 0.3) is 0 Å². The number of aryl methyl sites for hydroxylation is 1. The Balaban J connectivity index is 3.05. The second-order valence-corrected chi connectivity index (χ2v) is 4.41. The number of aliphatic carboxylic acids is 1. The second-order valence-electron chi connectivity index (χ2n) is 2.30. The molecule has 64 valence electrons. The van der Waals surface area contributed by atoms with Crippen LogP contribution >= 0.6 is 27.3 Å². The lowest BCUT2D eigenvalue weighted by Gasteiger charge is -1.92. The Kier molecular flexibility index (Phi) is 2.69. The van der Waals surface area contributed by atoms with Crippen LogP contribution in [0.3, 0.4) is 0 Å². The highest BCUT2D eigenvalue weighted by atomic mass is 79.9. The van der Waals surface area contributed by atoms with Crippen LogP contribution < -0.4 is 0 Å². The molecular weight excluding hydrogens is 240 g/mol. The molecular formula is C8H7BrO2S. The summed E-state index contributed by atoms with van der Waals surface area (Å²) < 4.78 is 0.935. The number of carbonyl (C=O) groups is 1. The Bertz CT molecular complexity index is 321. The minimum Gasteiger partial charge on any atom is -0.478 e. The van der Waals surface area contributed by atoms with E-state index in [1.807, 2.05) is 6.92 Å². The molecule has 0 unspecified atom stereocenters. The van der Waals surface area contributed by atoms with E-state index in [1.165, 1.54) is 11.3 Å². The normalized spacial score (nSPS) is 9.83. The van der Waals surface area contributed by atoms with Gasteiger partial charge in [0.2, 0.25) is 0 Å². The van der Waals surface area contributed by atoms with Gasteiger partial charge in [0.1, 0.15) is 0 Å². The van der Waals surface area contributed by atoms with E-state index in [0.717, 1.165) is 9.35 Å². The zero-order valence-corrected chi connectivity index (χ0v) is 8.83. The molecule has 0 atom stereocenters. The van der Waals surface area contributed by atoms with Crippen molar-refractivity contribution in [3.8, 4) is 0 Å². The lowest BCUT2D eigenvalue weighted by Crippen LogP contribution is -1.95. The van der Waals surface area contributed by atoms with Crippen LogP contribution in [0.2, 0.25) is 0 Å². The van der Waals surface area contributed by atoms with Gasteiger partial charge in [0.05, 0.1) is 5.57 Å². The molecule has 0 aliphatic rings. The molecule has 0 bridgehead atoms. The van der Waals surface area contributed by atoms with Crippen LogP contribution in [-0.4, -0.2) is 11.1 Å². The minimum atomic E-state index is -0.969. The maximum atomic E-state index is 10.5. The standard InChI is InChI=1S/C8H7BrO2S/c1-4(8(10)11)7-3-6(9)5(2)12-7/h3H,1H2,2H3,(H,10,11). The van der Waals surface area contributed by atoms with Gasteiger partial charge in [0, 0.05) is 14.2 Å². The fraction of sp³-hybridized carbons (Fsp3) is 0.125. The number of hydrogen-bond donors (Lipinski definition) is 1. The molecule has 1 rings (SSSR count). The molecule has 1 N–H and O–H groups in total. The number of halogens is 1. The average molecular weight is 247 g/mol. The summed E-state index contributed by atoms with van der Waals surface area (Å²) in [6, 6.07) is 1.77. The highest BCUT2D eigenvalue weighted by Gasteiger charge is 2.11. The fourth-order valence-corrected chi connectivity index (χ4v) is 2.21.